The number of hydrogen-bond donors (Lipinski definition) is 0. The molecule has 5 nitrogen and oxygen atoms in total. The van der Waals surface area contributed by atoms with E-state index in [0.29, 0.717) is 74.9 Å². The summed E-state index contributed by atoms with van der Waals surface area (Å²) in [5.74, 6) is 0.758. The van der Waals surface area contributed by atoms with Gasteiger partial charge in [0, 0.05) is 39.9 Å². The molecule has 0 fully saturated rings. The summed E-state index contributed by atoms with van der Waals surface area (Å²) in [4.78, 5) is 18.9. The normalized spacial score (nSPS) is 12.5. The molecule has 71 heavy (non-hydrogen) atoms. The number of benzene rings is 7. The van der Waals surface area contributed by atoms with Gasteiger partial charge in [-0.3, -0.25) is 4.98 Å². The van der Waals surface area contributed by atoms with Crippen molar-refractivity contribution >= 4 is 21.8 Å². The molecule has 17 heteroatoms. The summed E-state index contributed by atoms with van der Waals surface area (Å²) in [6.45, 7) is 0. The molecule has 0 aliphatic carbocycles. The van der Waals surface area contributed by atoms with Crippen LogP contribution in [0.2, 0.25) is 0 Å². The van der Waals surface area contributed by atoms with Crippen molar-refractivity contribution in [2.45, 2.75) is 24.7 Å². The van der Waals surface area contributed by atoms with Gasteiger partial charge in [-0.05, 0) is 118 Å². The number of rotatable bonds is 7. The highest BCUT2D eigenvalue weighted by Crippen LogP contribution is 2.45. The molecule has 354 valence electrons. The lowest BCUT2D eigenvalue weighted by Gasteiger charge is -2.17. The third-order valence-electron chi connectivity index (χ3n) is 11.8. The summed E-state index contributed by atoms with van der Waals surface area (Å²) in [6.07, 6.45) is -17.5. The Hall–Kier alpha value is -8.34. The van der Waals surface area contributed by atoms with Crippen molar-refractivity contribution < 1.29 is 52.7 Å². The van der Waals surface area contributed by atoms with Gasteiger partial charge in [0.2, 0.25) is 0 Å². The lowest BCUT2D eigenvalue weighted by molar-refractivity contribution is -0.144. The van der Waals surface area contributed by atoms with Crippen LogP contribution in [-0.2, 0) is 24.7 Å². The van der Waals surface area contributed by atoms with Crippen LogP contribution in [-0.4, -0.2) is 24.5 Å². The van der Waals surface area contributed by atoms with Crippen LogP contribution < -0.4 is 0 Å². The molecular formula is C54H29F12N5. The second kappa shape index (κ2) is 17.3. The summed E-state index contributed by atoms with van der Waals surface area (Å²) in [6, 6.07) is 37.5. The Morgan fingerprint density at radius 2 is 0.690 bits per heavy atom. The van der Waals surface area contributed by atoms with Crippen molar-refractivity contribution in [3.05, 3.63) is 198 Å². The molecule has 0 spiro atoms. The van der Waals surface area contributed by atoms with Crippen LogP contribution in [0.3, 0.4) is 0 Å². The number of fused-ring (bicyclic) bond motifs is 3. The number of nitrogens with zero attached hydrogens (tertiary/aromatic N) is 5. The second-order valence-corrected chi connectivity index (χ2v) is 16.4. The summed E-state index contributed by atoms with van der Waals surface area (Å²) in [5, 5.41) is 0.339. The van der Waals surface area contributed by atoms with Crippen molar-refractivity contribution in [3.63, 3.8) is 0 Å². The molecular weight excluding hydrogens is 947 g/mol. The third-order valence-corrected chi connectivity index (χ3v) is 11.8. The van der Waals surface area contributed by atoms with Crippen molar-refractivity contribution in [2.24, 2.45) is 0 Å². The molecule has 0 N–H and O–H groups in total. The average molecular weight is 976 g/mol. The quantitative estimate of drug-likeness (QED) is 0.149. The monoisotopic (exact) mass is 975 g/mol. The van der Waals surface area contributed by atoms with Crippen molar-refractivity contribution in [1.82, 2.24) is 24.5 Å². The van der Waals surface area contributed by atoms with Gasteiger partial charge in [0.05, 0.1) is 39.0 Å². The van der Waals surface area contributed by atoms with E-state index in [0.717, 1.165) is 5.56 Å². The number of halogens is 12. The Labute approximate surface area is 394 Å². The lowest BCUT2D eigenvalue weighted by atomic mass is 9.96. The van der Waals surface area contributed by atoms with Crippen molar-refractivity contribution in [3.8, 4) is 73.2 Å². The van der Waals surface area contributed by atoms with Crippen LogP contribution in [0.1, 0.15) is 22.3 Å². The first-order valence-electron chi connectivity index (χ1n) is 21.3. The zero-order valence-electron chi connectivity index (χ0n) is 36.0. The van der Waals surface area contributed by atoms with Crippen molar-refractivity contribution in [1.29, 1.82) is 0 Å². The topological polar surface area (TPSA) is 56.5 Å². The van der Waals surface area contributed by atoms with Crippen LogP contribution in [0.4, 0.5) is 52.7 Å². The van der Waals surface area contributed by atoms with Gasteiger partial charge in [0.15, 0.2) is 17.5 Å². The van der Waals surface area contributed by atoms with Gasteiger partial charge in [0.25, 0.3) is 0 Å². The molecule has 0 aliphatic heterocycles. The van der Waals surface area contributed by atoms with E-state index in [-0.39, 0.29) is 39.9 Å². The standard InChI is InChI=1S/C54H29F12N5/c55-51(56,57)38-21-36(22-39(28-38)52(58,59)60)34-12-14-45-42(25-34)43-26-35(37-23-40(53(61,62)63)29-41(24-37)54(64,65)66)13-15-46(43)71(45)47-16-11-33(30-17-19-67-20-18-30)27-44(47)50-69-48(31-7-3-1-4-8-31)68-49(70-50)32-9-5-2-6-10-32/h1-29H. The van der Waals surface area contributed by atoms with Gasteiger partial charge >= 0.3 is 24.7 Å². The molecule has 3 heterocycles. The van der Waals surface area contributed by atoms with Crippen LogP contribution >= 0.6 is 0 Å². The molecule has 0 saturated heterocycles. The number of aromatic nitrogens is 5. The van der Waals surface area contributed by atoms with E-state index >= 15 is 0 Å². The minimum atomic E-state index is -5.18. The third kappa shape index (κ3) is 9.18. The van der Waals surface area contributed by atoms with Gasteiger partial charge in [0.1, 0.15) is 0 Å². The van der Waals surface area contributed by atoms with Gasteiger partial charge in [-0.25, -0.2) is 15.0 Å². The maximum Gasteiger partial charge on any atom is 0.416 e. The highest BCUT2D eigenvalue weighted by molar-refractivity contribution is 6.12. The van der Waals surface area contributed by atoms with E-state index in [1.54, 1.807) is 41.2 Å². The molecule has 0 aliphatic rings. The Bertz CT molecular complexity index is 3380. The predicted octanol–water partition coefficient (Wildman–Crippen LogP) is 16.4. The minimum Gasteiger partial charge on any atom is -0.308 e. The van der Waals surface area contributed by atoms with Crippen LogP contribution in [0.25, 0.3) is 95.0 Å². The first-order chi connectivity index (χ1) is 33.7. The summed E-state index contributed by atoms with van der Waals surface area (Å²) in [5.41, 5.74) is -3.37. The fourth-order valence-electron chi connectivity index (χ4n) is 8.45. The number of alkyl halides is 12. The Balaban J connectivity index is 1.29. The Morgan fingerprint density at radius 3 is 1.10 bits per heavy atom. The zero-order valence-corrected chi connectivity index (χ0v) is 36.0. The van der Waals surface area contributed by atoms with E-state index in [9.17, 15) is 52.7 Å². The van der Waals surface area contributed by atoms with E-state index in [1.165, 1.54) is 36.4 Å². The SMILES string of the molecule is FC(F)(F)c1cc(-c2ccc3c(c2)c2cc(-c4cc(C(F)(F)F)cc(C(F)(F)F)c4)ccc2n3-c2ccc(-c3ccncc3)cc2-c2nc(-c3ccccc3)nc(-c3ccccc3)n2)cc(C(F)(F)F)c1. The summed E-state index contributed by atoms with van der Waals surface area (Å²) in [7, 11) is 0. The van der Waals surface area contributed by atoms with E-state index in [4.69, 9.17) is 15.0 Å². The van der Waals surface area contributed by atoms with Crippen LogP contribution in [0, 0.1) is 0 Å². The van der Waals surface area contributed by atoms with Gasteiger partial charge in [-0.2, -0.15) is 52.7 Å². The van der Waals surface area contributed by atoms with E-state index in [2.05, 4.69) is 4.98 Å². The molecule has 0 amide bonds. The average Bonchev–Trinajstić information content (AvgIpc) is 3.68. The minimum absolute atomic E-state index is 0.00478. The van der Waals surface area contributed by atoms with Gasteiger partial charge in [-0.1, -0.05) is 78.9 Å². The molecule has 0 bridgehead atoms. The van der Waals surface area contributed by atoms with Gasteiger partial charge in [-0.15, -0.1) is 0 Å². The lowest BCUT2D eigenvalue weighted by Crippen LogP contribution is -2.11. The smallest absolute Gasteiger partial charge is 0.308 e. The molecule has 10 rings (SSSR count). The largest absolute Gasteiger partial charge is 0.416 e. The number of hydrogen-bond acceptors (Lipinski definition) is 4. The number of pyridine rings is 1. The Kier molecular flexibility index (Phi) is 11.3. The molecule has 10 aromatic rings. The van der Waals surface area contributed by atoms with Gasteiger partial charge < -0.3 is 4.57 Å². The predicted molar refractivity (Wildman–Crippen MR) is 245 cm³/mol. The molecule has 0 unspecified atom stereocenters. The molecule has 0 saturated carbocycles. The maximum absolute atomic E-state index is 14.1. The molecule has 0 radical (unpaired) electrons. The highest BCUT2D eigenvalue weighted by Gasteiger charge is 2.39. The van der Waals surface area contributed by atoms with E-state index < -0.39 is 58.1 Å². The fraction of sp³-hybridized carbons (Fsp3) is 0.0741. The first-order valence-corrected chi connectivity index (χ1v) is 21.3. The van der Waals surface area contributed by atoms with E-state index in [1.807, 2.05) is 66.7 Å². The first kappa shape index (κ1) is 46.4. The fourth-order valence-corrected chi connectivity index (χ4v) is 8.45. The van der Waals surface area contributed by atoms with Crippen LogP contribution in [0.5, 0.6) is 0 Å². The highest BCUT2D eigenvalue weighted by atomic mass is 19.4. The Morgan fingerprint density at radius 1 is 0.310 bits per heavy atom. The maximum atomic E-state index is 14.1. The summed E-state index contributed by atoms with van der Waals surface area (Å²) < 4.78 is 171. The molecule has 7 aromatic carbocycles. The van der Waals surface area contributed by atoms with Crippen LogP contribution in [0.15, 0.2) is 176 Å². The molecule has 3 aromatic heterocycles. The zero-order chi connectivity index (χ0) is 50.0. The molecule has 0 atom stereocenters. The second-order valence-electron chi connectivity index (χ2n) is 16.4. The van der Waals surface area contributed by atoms with Crippen molar-refractivity contribution in [2.75, 3.05) is 0 Å². The summed E-state index contributed by atoms with van der Waals surface area (Å²) >= 11 is 0.